The van der Waals surface area contributed by atoms with Gasteiger partial charge in [0.2, 0.25) is 0 Å². The van der Waals surface area contributed by atoms with E-state index in [2.05, 4.69) is 0 Å². The third-order valence-electron chi connectivity index (χ3n) is 2.06. The summed E-state index contributed by atoms with van der Waals surface area (Å²) in [4.78, 5) is 0. The maximum Gasteiger partial charge on any atom is 0.392 e. The Morgan fingerprint density at radius 3 is 2.53 bits per heavy atom. The van der Waals surface area contributed by atoms with Crippen molar-refractivity contribution in [3.8, 4) is 11.5 Å². The first-order valence-corrected chi connectivity index (χ1v) is 5.42. The molecule has 0 N–H and O–H groups in total. The van der Waals surface area contributed by atoms with E-state index in [-0.39, 0.29) is 5.88 Å². The zero-order chi connectivity index (χ0) is 12.9. The Hall–Kier alpha value is -1.10. The number of alkyl halides is 4. The molecule has 0 aliphatic rings. The van der Waals surface area contributed by atoms with Gasteiger partial charge in [-0.05, 0) is 6.07 Å². The molecule has 0 amide bonds. The van der Waals surface area contributed by atoms with Crippen molar-refractivity contribution < 1.29 is 22.6 Å². The molecule has 0 unspecified atom stereocenters. The molecule has 0 bridgehead atoms. The molecule has 0 saturated heterocycles. The molecule has 17 heavy (non-hydrogen) atoms. The largest absolute Gasteiger partial charge is 0.497 e. The summed E-state index contributed by atoms with van der Waals surface area (Å²) in [6.07, 6.45) is -5.22. The van der Waals surface area contributed by atoms with Crippen LogP contribution in [0.25, 0.3) is 0 Å². The third kappa shape index (κ3) is 4.73. The highest BCUT2D eigenvalue weighted by atomic mass is 35.5. The highest BCUT2D eigenvalue weighted by Crippen LogP contribution is 2.27. The van der Waals surface area contributed by atoms with Crippen molar-refractivity contribution in [1.82, 2.24) is 0 Å². The fourth-order valence-corrected chi connectivity index (χ4v) is 1.40. The van der Waals surface area contributed by atoms with Gasteiger partial charge in [0.25, 0.3) is 0 Å². The topological polar surface area (TPSA) is 18.5 Å². The summed E-state index contributed by atoms with van der Waals surface area (Å²) in [6.45, 7) is -0.430. The molecule has 2 nitrogen and oxygen atoms in total. The number of hydrogen-bond acceptors (Lipinski definition) is 2. The smallest absolute Gasteiger partial charge is 0.392 e. The summed E-state index contributed by atoms with van der Waals surface area (Å²) < 4.78 is 45.9. The predicted octanol–water partition coefficient (Wildman–Crippen LogP) is 3.77. The number of halogens is 4. The van der Waals surface area contributed by atoms with Crippen LogP contribution >= 0.6 is 11.6 Å². The Kier molecular flexibility index (Phi) is 4.93. The Morgan fingerprint density at radius 1 is 1.29 bits per heavy atom. The van der Waals surface area contributed by atoms with Gasteiger partial charge in [0, 0.05) is 11.6 Å². The van der Waals surface area contributed by atoms with Crippen molar-refractivity contribution in [3.05, 3.63) is 23.8 Å². The molecular weight excluding hydrogens is 257 g/mol. The summed E-state index contributed by atoms with van der Waals surface area (Å²) in [7, 11) is 1.47. The molecule has 0 atom stereocenters. The van der Waals surface area contributed by atoms with Crippen LogP contribution in [0.1, 0.15) is 12.0 Å². The maximum atomic E-state index is 12.0. The second-order valence-corrected chi connectivity index (χ2v) is 3.59. The van der Waals surface area contributed by atoms with Crippen LogP contribution in [0.4, 0.5) is 13.2 Å². The van der Waals surface area contributed by atoms with Crippen LogP contribution in [0.15, 0.2) is 18.2 Å². The second kappa shape index (κ2) is 6.00. The SMILES string of the molecule is COc1ccc(CCl)c(OCCC(F)(F)F)c1. The van der Waals surface area contributed by atoms with Gasteiger partial charge in [-0.2, -0.15) is 13.2 Å². The minimum absolute atomic E-state index is 0.172. The summed E-state index contributed by atoms with van der Waals surface area (Å²) in [5, 5.41) is 0. The zero-order valence-corrected chi connectivity index (χ0v) is 9.94. The van der Waals surface area contributed by atoms with Crippen molar-refractivity contribution >= 4 is 11.6 Å². The van der Waals surface area contributed by atoms with Crippen molar-refractivity contribution in [1.29, 1.82) is 0 Å². The van der Waals surface area contributed by atoms with Gasteiger partial charge >= 0.3 is 6.18 Å². The van der Waals surface area contributed by atoms with Gasteiger partial charge in [0.15, 0.2) is 0 Å². The van der Waals surface area contributed by atoms with Gasteiger partial charge in [-0.15, -0.1) is 11.6 Å². The number of hydrogen-bond donors (Lipinski definition) is 0. The van der Waals surface area contributed by atoms with E-state index in [0.29, 0.717) is 17.1 Å². The van der Waals surface area contributed by atoms with E-state index in [1.807, 2.05) is 0 Å². The average molecular weight is 269 g/mol. The van der Waals surface area contributed by atoms with Crippen molar-refractivity contribution in [2.75, 3.05) is 13.7 Å². The van der Waals surface area contributed by atoms with E-state index in [4.69, 9.17) is 21.1 Å². The highest BCUT2D eigenvalue weighted by Gasteiger charge is 2.27. The minimum atomic E-state index is -4.22. The molecule has 0 saturated carbocycles. The molecule has 0 aliphatic heterocycles. The summed E-state index contributed by atoms with van der Waals surface area (Å²) in [5.74, 6) is 1.01. The quantitative estimate of drug-likeness (QED) is 0.757. The first-order valence-electron chi connectivity index (χ1n) is 4.88. The van der Waals surface area contributed by atoms with E-state index in [0.717, 1.165) is 0 Å². The van der Waals surface area contributed by atoms with Crippen molar-refractivity contribution in [3.63, 3.8) is 0 Å². The molecule has 1 aromatic rings. The van der Waals surface area contributed by atoms with Gasteiger partial charge in [-0.1, -0.05) is 6.07 Å². The van der Waals surface area contributed by atoms with Crippen molar-refractivity contribution in [2.45, 2.75) is 18.5 Å². The van der Waals surface area contributed by atoms with Crippen LogP contribution in [0.5, 0.6) is 11.5 Å². The van der Waals surface area contributed by atoms with Crippen LogP contribution in [-0.4, -0.2) is 19.9 Å². The molecule has 6 heteroatoms. The zero-order valence-electron chi connectivity index (χ0n) is 9.18. The summed E-state index contributed by atoms with van der Waals surface area (Å²) in [6, 6.07) is 4.86. The molecule has 0 spiro atoms. The Labute approximate surface area is 102 Å². The molecule has 0 aromatic heterocycles. The van der Waals surface area contributed by atoms with E-state index in [1.165, 1.54) is 13.2 Å². The predicted molar refractivity (Wildman–Crippen MR) is 58.7 cm³/mol. The Balaban J connectivity index is 2.68. The second-order valence-electron chi connectivity index (χ2n) is 3.32. The highest BCUT2D eigenvalue weighted by molar-refractivity contribution is 6.17. The fraction of sp³-hybridized carbons (Fsp3) is 0.455. The Morgan fingerprint density at radius 2 is 2.00 bits per heavy atom. The third-order valence-corrected chi connectivity index (χ3v) is 2.35. The first-order chi connectivity index (χ1) is 7.96. The normalized spacial score (nSPS) is 11.4. The van der Waals surface area contributed by atoms with Gasteiger partial charge in [-0.3, -0.25) is 0 Å². The van der Waals surface area contributed by atoms with Crippen LogP contribution in [0.3, 0.4) is 0 Å². The van der Waals surface area contributed by atoms with Crippen LogP contribution in [0.2, 0.25) is 0 Å². The molecule has 0 fully saturated rings. The number of benzene rings is 1. The summed E-state index contributed by atoms with van der Waals surface area (Å²) in [5.41, 5.74) is 0.634. The monoisotopic (exact) mass is 268 g/mol. The lowest BCUT2D eigenvalue weighted by molar-refractivity contribution is -0.139. The minimum Gasteiger partial charge on any atom is -0.497 e. The van der Waals surface area contributed by atoms with Crippen LogP contribution in [0, 0.1) is 0 Å². The van der Waals surface area contributed by atoms with Crippen molar-refractivity contribution in [2.24, 2.45) is 0 Å². The molecule has 0 radical (unpaired) electrons. The standard InChI is InChI=1S/C11H12ClF3O2/c1-16-9-3-2-8(7-12)10(6-9)17-5-4-11(13,14)15/h2-3,6H,4-5,7H2,1H3. The fourth-order valence-electron chi connectivity index (χ4n) is 1.18. The number of rotatable bonds is 5. The van der Waals surface area contributed by atoms with E-state index < -0.39 is 19.2 Å². The lowest BCUT2D eigenvalue weighted by Crippen LogP contribution is -2.13. The molecule has 0 aliphatic carbocycles. The molecule has 96 valence electrons. The first kappa shape index (κ1) is 14.0. The summed E-state index contributed by atoms with van der Waals surface area (Å²) >= 11 is 5.65. The number of methoxy groups -OCH3 is 1. The van der Waals surface area contributed by atoms with Gasteiger partial charge in [0.1, 0.15) is 11.5 Å². The van der Waals surface area contributed by atoms with E-state index in [9.17, 15) is 13.2 Å². The Bertz CT molecular complexity index is 366. The lowest BCUT2D eigenvalue weighted by atomic mass is 10.2. The van der Waals surface area contributed by atoms with E-state index in [1.54, 1.807) is 12.1 Å². The van der Waals surface area contributed by atoms with Gasteiger partial charge < -0.3 is 9.47 Å². The van der Waals surface area contributed by atoms with E-state index >= 15 is 0 Å². The van der Waals surface area contributed by atoms with Gasteiger partial charge in [-0.25, -0.2) is 0 Å². The van der Waals surface area contributed by atoms with Crippen LogP contribution in [-0.2, 0) is 5.88 Å². The molecular formula is C11H12ClF3O2. The number of ether oxygens (including phenoxy) is 2. The maximum absolute atomic E-state index is 12.0. The van der Waals surface area contributed by atoms with Gasteiger partial charge in [0.05, 0.1) is 26.0 Å². The molecule has 1 rings (SSSR count). The lowest BCUT2D eigenvalue weighted by Gasteiger charge is -2.12. The molecule has 1 aromatic carbocycles. The van der Waals surface area contributed by atoms with Crippen LogP contribution < -0.4 is 9.47 Å². The average Bonchev–Trinajstić information content (AvgIpc) is 2.27. The molecule has 0 heterocycles.